The summed E-state index contributed by atoms with van der Waals surface area (Å²) in [6.07, 6.45) is -4.99. The number of allylic oxidation sites excluding steroid dienone is 1. The Morgan fingerprint density at radius 3 is 2.20 bits per heavy atom. The van der Waals surface area contributed by atoms with Crippen molar-refractivity contribution < 1.29 is 48.3 Å². The van der Waals surface area contributed by atoms with Crippen molar-refractivity contribution in [2.24, 2.45) is 11.8 Å². The maximum atomic E-state index is 13.8. The van der Waals surface area contributed by atoms with E-state index in [9.17, 15) is 43.6 Å². The number of alkyl halides is 5. The number of ether oxygens (including phenoxy) is 1. The van der Waals surface area contributed by atoms with Crippen LogP contribution in [0.2, 0.25) is 0 Å². The van der Waals surface area contributed by atoms with Gasteiger partial charge in [-0.15, -0.1) is 0 Å². The van der Waals surface area contributed by atoms with E-state index < -0.39 is 52.9 Å². The van der Waals surface area contributed by atoms with Crippen molar-refractivity contribution in [3.63, 3.8) is 0 Å². The quantitative estimate of drug-likeness (QED) is 0.154. The molecule has 3 rings (SSSR count). The van der Waals surface area contributed by atoms with E-state index in [0.717, 1.165) is 24.5 Å². The molecule has 2 aromatic carbocycles. The molecule has 13 heteroatoms. The smallest absolute Gasteiger partial charge is 0.419 e. The first-order valence-corrected chi connectivity index (χ1v) is 16.1. The molecule has 0 N–H and O–H groups in total. The first-order valence-electron chi connectivity index (χ1n) is 12.7. The van der Waals surface area contributed by atoms with Crippen molar-refractivity contribution >= 4 is 25.5 Å². The number of hydrogen-bond donors (Lipinski definition) is 0. The number of carbonyl (C=O) groups is 1. The zero-order valence-electron chi connectivity index (χ0n) is 22.8. The van der Waals surface area contributed by atoms with E-state index in [2.05, 4.69) is 4.74 Å². The highest BCUT2D eigenvalue weighted by molar-refractivity contribution is 7.92. The number of benzene rings is 2. The summed E-state index contributed by atoms with van der Waals surface area (Å²) in [4.78, 5) is 11.9. The third-order valence-electron chi connectivity index (χ3n) is 7.43. The summed E-state index contributed by atoms with van der Waals surface area (Å²) in [5.74, 6) is -1.32. The van der Waals surface area contributed by atoms with Gasteiger partial charge in [0.2, 0.25) is 0 Å². The van der Waals surface area contributed by atoms with Crippen LogP contribution in [0.15, 0.2) is 64.4 Å². The Morgan fingerprint density at radius 1 is 1.00 bits per heavy atom. The summed E-state index contributed by atoms with van der Waals surface area (Å²) in [5, 5.41) is 0. The second-order valence-corrected chi connectivity index (χ2v) is 15.2. The van der Waals surface area contributed by atoms with Crippen molar-refractivity contribution in [1.29, 1.82) is 0 Å². The molecule has 0 radical (unpaired) electrons. The van der Waals surface area contributed by atoms with Crippen molar-refractivity contribution in [2.45, 2.75) is 73.3 Å². The average molecular weight is 623 g/mol. The van der Waals surface area contributed by atoms with Gasteiger partial charge in [0.25, 0.3) is 0 Å². The van der Waals surface area contributed by atoms with Crippen molar-refractivity contribution in [3.05, 3.63) is 65.7 Å². The lowest BCUT2D eigenvalue weighted by molar-refractivity contribution is -0.137. The fourth-order valence-corrected chi connectivity index (χ4v) is 7.55. The van der Waals surface area contributed by atoms with E-state index in [-0.39, 0.29) is 34.5 Å². The van der Waals surface area contributed by atoms with Crippen LogP contribution in [0.25, 0.3) is 0 Å². The molecular formula is C28H31F5O6S2. The molecule has 0 bridgehead atoms. The van der Waals surface area contributed by atoms with Gasteiger partial charge >= 0.3 is 12.3 Å². The minimum Gasteiger partial charge on any atom is -0.429 e. The van der Waals surface area contributed by atoms with Gasteiger partial charge in [-0.3, -0.25) is 4.79 Å². The number of hydrogen-bond acceptors (Lipinski definition) is 6. The highest BCUT2D eigenvalue weighted by atomic mass is 32.2. The summed E-state index contributed by atoms with van der Waals surface area (Å²) in [7, 11) is -8.11. The molecule has 0 heterocycles. The molecule has 0 aromatic heterocycles. The van der Waals surface area contributed by atoms with E-state index in [0.29, 0.717) is 37.5 Å². The van der Waals surface area contributed by atoms with E-state index in [4.69, 9.17) is 0 Å². The third kappa shape index (κ3) is 7.35. The minimum absolute atomic E-state index is 0.0660. The van der Waals surface area contributed by atoms with Gasteiger partial charge in [-0.25, -0.2) is 16.8 Å². The topological polar surface area (TPSA) is 94.6 Å². The Bertz CT molecular complexity index is 1540. The molecule has 0 atom stereocenters. The van der Waals surface area contributed by atoms with E-state index in [1.165, 1.54) is 39.0 Å². The number of Topliss-reactive ketones (excluding diaryl/α,β-unsaturated/α-hetero) is 1. The zero-order chi connectivity index (χ0) is 31.0. The lowest BCUT2D eigenvalue weighted by atomic mass is 9.67. The van der Waals surface area contributed by atoms with Crippen LogP contribution in [0.1, 0.15) is 62.4 Å². The summed E-state index contributed by atoms with van der Waals surface area (Å²) in [6.45, 7) is 4.47. The maximum absolute atomic E-state index is 13.8. The normalized spacial score (nSPS) is 18.8. The maximum Gasteiger partial charge on any atom is 0.419 e. The number of sulfone groups is 2. The van der Waals surface area contributed by atoms with E-state index >= 15 is 0 Å². The number of carbonyl (C=O) groups excluding carboxylic acids is 1. The molecule has 41 heavy (non-hydrogen) atoms. The average Bonchev–Trinajstić information content (AvgIpc) is 2.81. The van der Waals surface area contributed by atoms with Gasteiger partial charge in [0.15, 0.2) is 25.5 Å². The molecule has 1 aliphatic carbocycles. The highest BCUT2D eigenvalue weighted by Gasteiger charge is 2.48. The number of halogens is 5. The number of ketones is 1. The lowest BCUT2D eigenvalue weighted by Gasteiger charge is -2.45. The molecule has 1 saturated carbocycles. The summed E-state index contributed by atoms with van der Waals surface area (Å²) < 4.78 is 121. The van der Waals surface area contributed by atoms with Gasteiger partial charge in [0.05, 0.1) is 20.1 Å². The Balaban J connectivity index is 1.68. The predicted octanol–water partition coefficient (Wildman–Crippen LogP) is 6.90. The second kappa shape index (κ2) is 11.5. The van der Waals surface area contributed by atoms with Crippen LogP contribution in [0.3, 0.4) is 0 Å². The highest BCUT2D eigenvalue weighted by Crippen LogP contribution is 2.48. The summed E-state index contributed by atoms with van der Waals surface area (Å²) >= 11 is 0. The third-order valence-corrected chi connectivity index (χ3v) is 11.2. The van der Waals surface area contributed by atoms with Crippen LogP contribution in [0.4, 0.5) is 22.0 Å². The summed E-state index contributed by atoms with van der Waals surface area (Å²) in [6, 6.07) is 6.88. The van der Waals surface area contributed by atoms with Crippen LogP contribution >= 0.6 is 0 Å². The first kappa shape index (κ1) is 32.7. The lowest BCUT2D eigenvalue weighted by Crippen LogP contribution is -2.46. The number of rotatable bonds is 11. The van der Waals surface area contributed by atoms with Crippen molar-refractivity contribution in [3.8, 4) is 5.75 Å². The van der Waals surface area contributed by atoms with E-state index in [1.54, 1.807) is 0 Å². The predicted molar refractivity (Wildman–Crippen MR) is 142 cm³/mol. The molecule has 0 unspecified atom stereocenters. The molecule has 226 valence electrons. The first-order chi connectivity index (χ1) is 18.7. The van der Waals surface area contributed by atoms with Gasteiger partial charge in [-0.1, -0.05) is 12.1 Å². The zero-order valence-corrected chi connectivity index (χ0v) is 24.5. The second-order valence-electron chi connectivity index (χ2n) is 10.7. The van der Waals surface area contributed by atoms with Crippen LogP contribution < -0.4 is 4.74 Å². The monoisotopic (exact) mass is 622 g/mol. The molecule has 0 aliphatic heterocycles. The molecule has 0 saturated heterocycles. The Kier molecular flexibility index (Phi) is 9.15. The van der Waals surface area contributed by atoms with Gasteiger partial charge in [0, 0.05) is 24.3 Å². The van der Waals surface area contributed by atoms with Gasteiger partial charge in [0.1, 0.15) is 5.75 Å². The van der Waals surface area contributed by atoms with Gasteiger partial charge in [-0.05, 0) is 88.3 Å². The molecule has 0 amide bonds. The van der Waals surface area contributed by atoms with Crippen molar-refractivity contribution in [1.82, 2.24) is 0 Å². The van der Waals surface area contributed by atoms with Gasteiger partial charge < -0.3 is 4.74 Å². The molecule has 6 nitrogen and oxygen atoms in total. The van der Waals surface area contributed by atoms with Crippen LogP contribution in [0.5, 0.6) is 5.75 Å². The Morgan fingerprint density at radius 2 is 1.63 bits per heavy atom. The Hall–Kier alpha value is -2.80. The standard InChI is InChI=1S/C28H31F5O6S2/c1-5-13-27(29,30)39-21-7-6-8-22(17-21)41(37,38)26(2,3)20-14-18(15-20)9-12-24(34)23-11-10-19(28(31,32)33)16-25(23)40(4,35)36/h5-8,10-11,13,16-18,20H,9,12,14-15H2,1-4H3. The van der Waals surface area contributed by atoms with Crippen molar-refractivity contribution in [2.75, 3.05) is 6.26 Å². The SMILES string of the molecule is CC=CC(F)(F)Oc1cccc(S(=O)(=O)C(C)(C)C2CC(CCC(=O)c3ccc(C(F)(F)F)cc3S(C)(=O)=O)C2)c1. The molecular weight excluding hydrogens is 591 g/mol. The fraction of sp³-hybridized carbons (Fsp3) is 0.464. The van der Waals surface area contributed by atoms with E-state index in [1.807, 2.05) is 0 Å². The molecule has 2 aromatic rings. The molecule has 0 spiro atoms. The minimum atomic E-state index is -4.78. The van der Waals surface area contributed by atoms with Crippen LogP contribution in [-0.2, 0) is 25.9 Å². The molecule has 1 fully saturated rings. The van der Waals surface area contributed by atoms with Gasteiger partial charge in [-0.2, -0.15) is 22.0 Å². The summed E-state index contributed by atoms with van der Waals surface area (Å²) in [5.41, 5.74) is -1.50. The van der Waals surface area contributed by atoms with Crippen LogP contribution in [-0.4, -0.2) is 39.7 Å². The fourth-order valence-electron chi connectivity index (χ4n) is 4.86. The Labute approximate surface area is 236 Å². The molecule has 1 aliphatic rings. The largest absolute Gasteiger partial charge is 0.429 e. The van der Waals surface area contributed by atoms with Crippen LogP contribution in [0, 0.1) is 11.8 Å².